The summed E-state index contributed by atoms with van der Waals surface area (Å²) in [5.41, 5.74) is 2.08. The first-order valence-corrected chi connectivity index (χ1v) is 13.8. The van der Waals surface area contributed by atoms with Crippen LogP contribution in [0.2, 0.25) is 10.0 Å². The normalized spacial score (nSPS) is 14.4. The van der Waals surface area contributed by atoms with Gasteiger partial charge in [0.1, 0.15) is 6.61 Å². The molecular weight excluding hydrogens is 670 g/mol. The highest BCUT2D eigenvalue weighted by Gasteiger charge is 2.33. The van der Waals surface area contributed by atoms with Crippen LogP contribution < -0.4 is 14.4 Å². The van der Waals surface area contributed by atoms with Crippen molar-refractivity contribution >= 4 is 97.5 Å². The molecule has 0 aromatic heterocycles. The van der Waals surface area contributed by atoms with Gasteiger partial charge in [0.25, 0.3) is 11.6 Å². The minimum absolute atomic E-state index is 0.0160. The molecule has 0 unspecified atom stereocenters. The number of hydrogen-bond donors (Lipinski definition) is 0. The van der Waals surface area contributed by atoms with Crippen LogP contribution >= 0.6 is 69.8 Å². The highest BCUT2D eigenvalue weighted by Crippen LogP contribution is 2.40. The summed E-state index contributed by atoms with van der Waals surface area (Å²) in [7, 11) is 0. The van der Waals surface area contributed by atoms with Crippen LogP contribution in [0.5, 0.6) is 11.5 Å². The van der Waals surface area contributed by atoms with Gasteiger partial charge in [-0.05, 0) is 89.2 Å². The van der Waals surface area contributed by atoms with Gasteiger partial charge < -0.3 is 9.47 Å². The standard InChI is InChI=1S/C25H17Cl2IN2O5S2/c1-2-34-21-10-15(9-20(28)23(21)35-13-14-3-5-16(6-4-14)30(32)33)11-22-24(31)29(25(36)37-22)17-7-8-18(26)19(27)12-17/h3-12H,2,13H2,1H3/b22-11-. The number of ether oxygens (including phenoxy) is 2. The number of anilines is 1. The summed E-state index contributed by atoms with van der Waals surface area (Å²) in [6.07, 6.45) is 1.75. The Hall–Kier alpha value is -2.38. The minimum Gasteiger partial charge on any atom is -0.490 e. The monoisotopic (exact) mass is 686 g/mol. The number of halogens is 3. The molecule has 1 saturated heterocycles. The van der Waals surface area contributed by atoms with Crippen molar-refractivity contribution in [3.8, 4) is 11.5 Å². The van der Waals surface area contributed by atoms with Crippen LogP contribution in [-0.2, 0) is 11.4 Å². The van der Waals surface area contributed by atoms with Crippen molar-refractivity contribution in [2.75, 3.05) is 11.5 Å². The highest BCUT2D eigenvalue weighted by atomic mass is 127. The van der Waals surface area contributed by atoms with Crippen molar-refractivity contribution in [1.82, 2.24) is 0 Å². The van der Waals surface area contributed by atoms with Gasteiger partial charge in [0.2, 0.25) is 0 Å². The molecule has 1 heterocycles. The summed E-state index contributed by atoms with van der Waals surface area (Å²) in [5.74, 6) is 0.795. The Morgan fingerprint density at radius 1 is 1.11 bits per heavy atom. The van der Waals surface area contributed by atoms with Crippen LogP contribution in [0.3, 0.4) is 0 Å². The zero-order valence-electron chi connectivity index (χ0n) is 19.1. The van der Waals surface area contributed by atoms with Crippen LogP contribution in [0.25, 0.3) is 6.08 Å². The summed E-state index contributed by atoms with van der Waals surface area (Å²) in [6, 6.07) is 14.7. The predicted molar refractivity (Wildman–Crippen MR) is 160 cm³/mol. The lowest BCUT2D eigenvalue weighted by Crippen LogP contribution is -2.27. The van der Waals surface area contributed by atoms with Gasteiger partial charge in [0.05, 0.1) is 35.7 Å². The minimum atomic E-state index is -0.447. The molecule has 0 aliphatic carbocycles. The number of nitro benzene ring substituents is 1. The Labute approximate surface area is 246 Å². The quantitative estimate of drug-likeness (QED) is 0.0784. The van der Waals surface area contributed by atoms with Gasteiger partial charge >= 0.3 is 0 Å². The Kier molecular flexibility index (Phi) is 8.96. The lowest BCUT2D eigenvalue weighted by Gasteiger charge is -2.15. The number of thiocarbonyl (C=S) groups is 1. The molecule has 3 aromatic carbocycles. The molecule has 1 amide bonds. The van der Waals surface area contributed by atoms with Crippen molar-refractivity contribution in [3.63, 3.8) is 0 Å². The first kappa shape index (κ1) is 27.6. The third kappa shape index (κ3) is 6.37. The maximum Gasteiger partial charge on any atom is 0.270 e. The number of hydrogen-bond acceptors (Lipinski definition) is 7. The molecule has 0 saturated carbocycles. The second-order valence-electron chi connectivity index (χ2n) is 7.59. The van der Waals surface area contributed by atoms with E-state index in [0.29, 0.717) is 43.1 Å². The predicted octanol–water partition coefficient (Wildman–Crippen LogP) is 7.89. The summed E-state index contributed by atoms with van der Waals surface area (Å²) in [5, 5.41) is 11.6. The first-order valence-electron chi connectivity index (χ1n) is 10.7. The van der Waals surface area contributed by atoms with E-state index < -0.39 is 4.92 Å². The molecule has 0 bridgehead atoms. The fourth-order valence-corrected chi connectivity index (χ4v) is 5.78. The highest BCUT2D eigenvalue weighted by molar-refractivity contribution is 14.1. The third-order valence-electron chi connectivity index (χ3n) is 5.11. The van der Waals surface area contributed by atoms with Gasteiger partial charge in [-0.2, -0.15) is 0 Å². The molecule has 1 aliphatic heterocycles. The molecule has 0 N–H and O–H groups in total. The lowest BCUT2D eigenvalue weighted by atomic mass is 10.1. The molecule has 0 spiro atoms. The van der Waals surface area contributed by atoms with Crippen LogP contribution in [-0.4, -0.2) is 21.8 Å². The van der Waals surface area contributed by atoms with Crippen LogP contribution in [0.1, 0.15) is 18.1 Å². The summed E-state index contributed by atoms with van der Waals surface area (Å²) >= 11 is 20.9. The third-order valence-corrected chi connectivity index (χ3v) is 7.96. The Balaban J connectivity index is 1.58. The van der Waals surface area contributed by atoms with E-state index in [1.807, 2.05) is 13.0 Å². The lowest BCUT2D eigenvalue weighted by molar-refractivity contribution is -0.384. The summed E-state index contributed by atoms with van der Waals surface area (Å²) in [6.45, 7) is 2.48. The van der Waals surface area contributed by atoms with E-state index in [0.717, 1.165) is 14.7 Å². The second-order valence-corrected chi connectivity index (χ2v) is 11.2. The van der Waals surface area contributed by atoms with Gasteiger partial charge in [-0.15, -0.1) is 0 Å². The number of carbonyl (C=O) groups is 1. The van der Waals surface area contributed by atoms with Crippen molar-refractivity contribution in [1.29, 1.82) is 0 Å². The topological polar surface area (TPSA) is 81.9 Å². The molecule has 1 fully saturated rings. The second kappa shape index (κ2) is 12.0. The molecule has 12 heteroatoms. The number of amides is 1. The largest absolute Gasteiger partial charge is 0.490 e. The van der Waals surface area contributed by atoms with Crippen molar-refractivity contribution < 1.29 is 19.2 Å². The van der Waals surface area contributed by atoms with Crippen LogP contribution in [0.15, 0.2) is 59.5 Å². The zero-order chi connectivity index (χ0) is 26.7. The number of thioether (sulfide) groups is 1. The van der Waals surface area contributed by atoms with E-state index >= 15 is 0 Å². The van der Waals surface area contributed by atoms with Gasteiger partial charge in [-0.25, -0.2) is 0 Å². The molecule has 0 radical (unpaired) electrons. The van der Waals surface area contributed by atoms with E-state index in [9.17, 15) is 14.9 Å². The Bertz CT molecular complexity index is 1430. The number of carbonyl (C=O) groups excluding carboxylic acids is 1. The molecule has 0 atom stereocenters. The molecule has 3 aromatic rings. The fourth-order valence-electron chi connectivity index (χ4n) is 3.41. The number of benzene rings is 3. The summed E-state index contributed by atoms with van der Waals surface area (Å²) in [4.78, 5) is 25.5. The van der Waals surface area contributed by atoms with E-state index in [2.05, 4.69) is 22.6 Å². The molecular formula is C25H17Cl2IN2O5S2. The van der Waals surface area contributed by atoms with Crippen molar-refractivity contribution in [2.24, 2.45) is 0 Å². The molecule has 7 nitrogen and oxygen atoms in total. The summed E-state index contributed by atoms with van der Waals surface area (Å²) < 4.78 is 13.0. The Morgan fingerprint density at radius 3 is 2.49 bits per heavy atom. The van der Waals surface area contributed by atoms with Crippen LogP contribution in [0.4, 0.5) is 11.4 Å². The fraction of sp³-hybridized carbons (Fsp3) is 0.120. The maximum atomic E-state index is 13.2. The number of nitrogens with zero attached hydrogens (tertiary/aromatic N) is 2. The molecule has 4 rings (SSSR count). The smallest absolute Gasteiger partial charge is 0.270 e. The van der Waals surface area contributed by atoms with E-state index in [4.69, 9.17) is 44.9 Å². The van der Waals surface area contributed by atoms with Crippen LogP contribution in [0, 0.1) is 13.7 Å². The van der Waals surface area contributed by atoms with Gasteiger partial charge in [-0.1, -0.05) is 47.2 Å². The van der Waals surface area contributed by atoms with Gasteiger partial charge in [0.15, 0.2) is 15.8 Å². The Morgan fingerprint density at radius 2 is 1.84 bits per heavy atom. The van der Waals surface area contributed by atoms with Gasteiger partial charge in [-0.3, -0.25) is 19.8 Å². The molecule has 1 aliphatic rings. The van der Waals surface area contributed by atoms with E-state index in [-0.39, 0.29) is 18.2 Å². The molecule has 190 valence electrons. The average molecular weight is 687 g/mol. The molecule has 37 heavy (non-hydrogen) atoms. The number of non-ortho nitro benzene ring substituents is 1. The zero-order valence-corrected chi connectivity index (χ0v) is 24.4. The van der Waals surface area contributed by atoms with Crippen molar-refractivity contribution in [2.45, 2.75) is 13.5 Å². The average Bonchev–Trinajstić information content (AvgIpc) is 3.13. The number of nitro groups is 1. The van der Waals surface area contributed by atoms with E-state index in [1.165, 1.54) is 28.8 Å². The van der Waals surface area contributed by atoms with E-state index in [1.54, 1.807) is 42.5 Å². The van der Waals surface area contributed by atoms with Crippen molar-refractivity contribution in [3.05, 3.63) is 94.4 Å². The van der Waals surface area contributed by atoms with Gasteiger partial charge in [0, 0.05) is 12.1 Å². The SMILES string of the molecule is CCOc1cc(/C=C2\SC(=S)N(c3ccc(Cl)c(Cl)c3)C2=O)cc(I)c1OCc1ccc([N+](=O)[O-])cc1. The number of rotatable bonds is 8. The maximum absolute atomic E-state index is 13.2. The first-order chi connectivity index (χ1) is 17.7.